The molecular formula is C41H30F12N4O8. The van der Waals surface area contributed by atoms with Gasteiger partial charge >= 0.3 is 24.7 Å². The number of rotatable bonds is 8. The molecule has 0 N–H and O–H groups in total. The molecule has 0 unspecified atom stereocenters. The highest BCUT2D eigenvalue weighted by Crippen LogP contribution is 2.57. The van der Waals surface area contributed by atoms with Gasteiger partial charge in [0.2, 0.25) is 5.41 Å². The van der Waals surface area contributed by atoms with E-state index in [0.717, 1.165) is 24.1 Å². The second kappa shape index (κ2) is 15.8. The lowest BCUT2D eigenvalue weighted by atomic mass is 9.71. The van der Waals surface area contributed by atoms with Crippen LogP contribution < -0.4 is 22.2 Å². The Hall–Kier alpha value is -6.62. The number of carbonyl (C=O) groups excluding carboxylic acids is 4. The van der Waals surface area contributed by atoms with Crippen molar-refractivity contribution in [3.8, 4) is 0 Å². The molecule has 2 aliphatic heterocycles. The van der Waals surface area contributed by atoms with E-state index in [0.29, 0.717) is 55.5 Å². The quantitative estimate of drug-likeness (QED) is 0.119. The third-order valence-corrected chi connectivity index (χ3v) is 11.3. The van der Waals surface area contributed by atoms with Crippen molar-refractivity contribution >= 4 is 45.2 Å². The number of benzene rings is 3. The number of halogens is 12. The maximum atomic E-state index is 14.6. The highest BCUT2D eigenvalue weighted by atomic mass is 19.4. The first-order chi connectivity index (χ1) is 29.9. The predicted molar refractivity (Wildman–Crippen MR) is 203 cm³/mol. The summed E-state index contributed by atoms with van der Waals surface area (Å²) >= 11 is 0. The van der Waals surface area contributed by atoms with Crippen LogP contribution in [0.4, 0.5) is 52.7 Å². The molecule has 0 aliphatic carbocycles. The van der Waals surface area contributed by atoms with Gasteiger partial charge in [0.1, 0.15) is 0 Å². The summed E-state index contributed by atoms with van der Waals surface area (Å²) in [7, 11) is 1.77. The smallest absolute Gasteiger partial charge is 0.277 e. The monoisotopic (exact) mass is 934 g/mol. The number of alkyl halides is 12. The van der Waals surface area contributed by atoms with Crippen molar-refractivity contribution in [3.63, 3.8) is 0 Å². The molecule has 0 radical (unpaired) electrons. The Morgan fingerprint density at radius 2 is 0.815 bits per heavy atom. The Bertz CT molecular complexity index is 2970. The molecule has 2 aliphatic rings. The van der Waals surface area contributed by atoms with E-state index in [-0.39, 0.29) is 33.2 Å². The summed E-state index contributed by atoms with van der Waals surface area (Å²) in [5.74, 6) is -3.69. The van der Waals surface area contributed by atoms with Gasteiger partial charge in [-0.3, -0.25) is 57.3 Å². The summed E-state index contributed by atoms with van der Waals surface area (Å²) in [6, 6.07) is 3.38. The van der Waals surface area contributed by atoms with Crippen molar-refractivity contribution < 1.29 is 71.9 Å². The molecule has 3 aromatic carbocycles. The average molecular weight is 935 g/mol. The minimum absolute atomic E-state index is 0.0314. The fourth-order valence-electron chi connectivity index (χ4n) is 8.10. The predicted octanol–water partition coefficient (Wildman–Crippen LogP) is 7.01. The van der Waals surface area contributed by atoms with E-state index in [9.17, 15) is 91.0 Å². The van der Waals surface area contributed by atoms with Crippen LogP contribution in [0.2, 0.25) is 0 Å². The van der Waals surface area contributed by atoms with E-state index < -0.39 is 137 Å². The number of unbranched alkanes of at least 4 members (excludes halogenated alkanes) is 2. The van der Waals surface area contributed by atoms with Crippen molar-refractivity contribution in [2.75, 3.05) is 13.6 Å². The van der Waals surface area contributed by atoms with Crippen molar-refractivity contribution in [3.05, 3.63) is 122 Å². The van der Waals surface area contributed by atoms with Crippen LogP contribution in [0.5, 0.6) is 0 Å². The second-order valence-corrected chi connectivity index (χ2v) is 15.1. The molecule has 0 saturated carbocycles. The molecule has 4 amide bonds. The first-order valence-corrected chi connectivity index (χ1v) is 19.1. The fourth-order valence-corrected chi connectivity index (χ4v) is 8.10. The Kier molecular flexibility index (Phi) is 11.6. The van der Waals surface area contributed by atoms with Crippen LogP contribution in [-0.2, 0) is 31.4 Å². The molecule has 5 aromatic rings. The molecule has 12 nitrogen and oxygen atoms in total. The third-order valence-electron chi connectivity index (χ3n) is 11.3. The van der Waals surface area contributed by atoms with Gasteiger partial charge in [-0.05, 0) is 48.2 Å². The van der Waals surface area contributed by atoms with Crippen LogP contribution >= 0.6 is 0 Å². The van der Waals surface area contributed by atoms with Crippen LogP contribution in [0.15, 0.2) is 55.6 Å². The standard InChI is InChI=1S/C24H18F6N2O4.C17H12F6N2O4/c1-3-4-9-32-20(35)15-8-6-13(11-17(15)21(32)36)22(23(25,26)27,24(28,29)30)12-5-7-14-16(10-12)19(34)31(2)18(14)33;1-3-4-5-25-14(28)8-9(15(25)29)11(17(21,22)23)7-6(10(8)16(18,19)20)12(26)24(2)13(7)27/h5-8,10-11H,3-4,9H2,1-2H3;3-5H2,1-2H3. The molecule has 24 heteroatoms. The van der Waals surface area contributed by atoms with E-state index in [2.05, 4.69) is 0 Å². The Labute approximate surface area is 354 Å². The molecule has 65 heavy (non-hydrogen) atoms. The molecule has 0 bridgehead atoms. The molecule has 0 fully saturated rings. The zero-order valence-corrected chi connectivity index (χ0v) is 33.8. The SMILES string of the molecule is CCCCN1C(=O)c2ccc(C(c3ccc4c(c3)C(=O)N(C)C4=O)(C(F)(F)F)C(F)(F)F)cc2C1=O.CCCCn1c(=O)c2c(C(F)(F)F)c3c(=O)n(C)c(=O)c3c(C(F)(F)F)c2c1=O. The maximum absolute atomic E-state index is 14.6. The van der Waals surface area contributed by atoms with Gasteiger partial charge in [-0.1, -0.05) is 38.8 Å². The number of hydrogen-bond donors (Lipinski definition) is 0. The summed E-state index contributed by atoms with van der Waals surface area (Å²) in [6.45, 7) is 2.99. The van der Waals surface area contributed by atoms with Crippen molar-refractivity contribution in [2.45, 2.75) is 76.2 Å². The van der Waals surface area contributed by atoms with Crippen LogP contribution in [0.25, 0.3) is 21.5 Å². The summed E-state index contributed by atoms with van der Waals surface area (Å²) in [5, 5.41) is -6.20. The van der Waals surface area contributed by atoms with E-state index >= 15 is 0 Å². The normalized spacial score (nSPS) is 14.8. The fraction of sp³-hybridized carbons (Fsp3) is 0.366. The Morgan fingerprint density at radius 3 is 1.22 bits per heavy atom. The van der Waals surface area contributed by atoms with Gasteiger partial charge in [-0.25, -0.2) is 0 Å². The molecule has 4 heterocycles. The molecule has 0 atom stereocenters. The van der Waals surface area contributed by atoms with Gasteiger partial charge in [0.25, 0.3) is 45.9 Å². The average Bonchev–Trinajstić information content (AvgIpc) is 3.76. The van der Waals surface area contributed by atoms with Crippen molar-refractivity contribution in [1.29, 1.82) is 0 Å². The maximum Gasteiger partial charge on any atom is 0.418 e. The van der Waals surface area contributed by atoms with Crippen LogP contribution in [-0.4, -0.2) is 68.5 Å². The van der Waals surface area contributed by atoms with Crippen LogP contribution in [0.3, 0.4) is 0 Å². The minimum Gasteiger partial charge on any atom is -0.277 e. The van der Waals surface area contributed by atoms with Crippen LogP contribution in [0.1, 0.15) is 103 Å². The number of carbonyl (C=O) groups is 4. The summed E-state index contributed by atoms with van der Waals surface area (Å²) < 4.78 is 171. The van der Waals surface area contributed by atoms with Crippen molar-refractivity contribution in [1.82, 2.24) is 18.9 Å². The van der Waals surface area contributed by atoms with Gasteiger partial charge in [-0.15, -0.1) is 0 Å². The van der Waals surface area contributed by atoms with Gasteiger partial charge in [-0.2, -0.15) is 52.7 Å². The van der Waals surface area contributed by atoms with Gasteiger partial charge in [0, 0.05) is 27.2 Å². The topological polar surface area (TPSA) is 153 Å². The highest BCUT2D eigenvalue weighted by molar-refractivity contribution is 6.22. The highest BCUT2D eigenvalue weighted by Gasteiger charge is 2.73. The van der Waals surface area contributed by atoms with E-state index in [1.165, 1.54) is 0 Å². The van der Waals surface area contributed by atoms with E-state index in [4.69, 9.17) is 0 Å². The second-order valence-electron chi connectivity index (χ2n) is 15.1. The number of nitrogens with zero attached hydrogens (tertiary/aromatic N) is 4. The van der Waals surface area contributed by atoms with Crippen molar-refractivity contribution in [2.24, 2.45) is 7.05 Å². The molecule has 2 aromatic heterocycles. The molecule has 0 saturated heterocycles. The van der Waals surface area contributed by atoms with Gasteiger partial charge in [0.05, 0.1) is 54.9 Å². The lowest BCUT2D eigenvalue weighted by Gasteiger charge is -2.38. The molecule has 346 valence electrons. The first kappa shape index (κ1) is 47.8. The molecule has 7 rings (SSSR count). The van der Waals surface area contributed by atoms with Crippen LogP contribution in [0, 0.1) is 0 Å². The largest absolute Gasteiger partial charge is 0.418 e. The Morgan fingerprint density at radius 1 is 0.462 bits per heavy atom. The first-order valence-electron chi connectivity index (χ1n) is 19.1. The molecule has 0 spiro atoms. The summed E-state index contributed by atoms with van der Waals surface area (Å²) in [4.78, 5) is 101. The number of hydrogen-bond acceptors (Lipinski definition) is 8. The zero-order chi connectivity index (χ0) is 48.8. The van der Waals surface area contributed by atoms with Gasteiger partial charge < -0.3 is 0 Å². The van der Waals surface area contributed by atoms with E-state index in [1.54, 1.807) is 13.8 Å². The summed E-state index contributed by atoms with van der Waals surface area (Å²) in [5.41, 5.74) is -19.5. The van der Waals surface area contributed by atoms with Gasteiger partial charge in [0.15, 0.2) is 0 Å². The summed E-state index contributed by atoms with van der Waals surface area (Å²) in [6.07, 6.45) is -21.3. The third kappa shape index (κ3) is 7.11. The number of imide groups is 2. The number of amides is 4. The number of fused-ring (bicyclic) bond motifs is 4. The Balaban J connectivity index is 0.000000221. The zero-order valence-electron chi connectivity index (χ0n) is 33.8. The number of aromatic nitrogens is 2. The minimum atomic E-state index is -5.99. The lowest BCUT2D eigenvalue weighted by molar-refractivity contribution is -0.288. The lowest BCUT2D eigenvalue weighted by Crippen LogP contribution is -2.55. The molecular weight excluding hydrogens is 904 g/mol. The van der Waals surface area contributed by atoms with E-state index in [1.807, 2.05) is 0 Å².